The molecule has 0 bridgehead atoms. The number of anilines is 3. The molecule has 31 heavy (non-hydrogen) atoms. The van der Waals surface area contributed by atoms with Gasteiger partial charge >= 0.3 is 0 Å². The smallest absolute Gasteiger partial charge is 0.255 e. The van der Waals surface area contributed by atoms with Crippen LogP contribution in [0.25, 0.3) is 0 Å². The SMILES string of the molecule is Cc1ccc(C)c(NC(=S)Nc2ccc(C(=O)Nc3cccc(S(N)(=O)=O)c3)cc2)c1. The molecule has 3 aromatic carbocycles. The fraction of sp³-hybridized carbons (Fsp3) is 0.0909. The maximum atomic E-state index is 12.5. The van der Waals surface area contributed by atoms with Crippen LogP contribution in [0.2, 0.25) is 0 Å². The lowest BCUT2D eigenvalue weighted by Gasteiger charge is -2.13. The highest BCUT2D eigenvalue weighted by Crippen LogP contribution is 2.18. The molecule has 0 fully saturated rings. The molecule has 1 amide bonds. The van der Waals surface area contributed by atoms with Crippen molar-refractivity contribution in [1.29, 1.82) is 0 Å². The Bertz CT molecular complexity index is 1240. The first-order chi connectivity index (χ1) is 14.6. The monoisotopic (exact) mass is 454 g/mol. The summed E-state index contributed by atoms with van der Waals surface area (Å²) in [6.45, 7) is 4.01. The maximum absolute atomic E-state index is 12.5. The molecular formula is C22H22N4O3S2. The van der Waals surface area contributed by atoms with Crippen molar-refractivity contribution in [2.24, 2.45) is 5.14 Å². The fourth-order valence-corrected chi connectivity index (χ4v) is 3.60. The number of amides is 1. The van der Waals surface area contributed by atoms with E-state index in [4.69, 9.17) is 17.4 Å². The van der Waals surface area contributed by atoms with Crippen molar-refractivity contribution in [1.82, 2.24) is 0 Å². The van der Waals surface area contributed by atoms with Crippen LogP contribution in [-0.2, 0) is 10.0 Å². The molecule has 0 saturated carbocycles. The molecule has 0 heterocycles. The van der Waals surface area contributed by atoms with Gasteiger partial charge in [0.25, 0.3) is 5.91 Å². The number of nitrogens with one attached hydrogen (secondary N) is 3. The van der Waals surface area contributed by atoms with Gasteiger partial charge in [-0.15, -0.1) is 0 Å². The van der Waals surface area contributed by atoms with Gasteiger partial charge in [-0.05, 0) is 85.7 Å². The second kappa shape index (κ2) is 9.25. The number of thiocarbonyl (C=S) groups is 1. The van der Waals surface area contributed by atoms with E-state index in [1.807, 2.05) is 32.0 Å². The number of hydrogen-bond donors (Lipinski definition) is 4. The van der Waals surface area contributed by atoms with E-state index in [1.165, 1.54) is 18.2 Å². The van der Waals surface area contributed by atoms with E-state index in [0.29, 0.717) is 16.4 Å². The molecule has 0 spiro atoms. The number of sulfonamides is 1. The Morgan fingerprint density at radius 1 is 0.871 bits per heavy atom. The Morgan fingerprint density at radius 2 is 1.58 bits per heavy atom. The average Bonchev–Trinajstić information content (AvgIpc) is 2.71. The predicted molar refractivity (Wildman–Crippen MR) is 128 cm³/mol. The summed E-state index contributed by atoms with van der Waals surface area (Å²) in [5.41, 5.74) is 4.58. The van der Waals surface area contributed by atoms with Gasteiger partial charge in [-0.2, -0.15) is 0 Å². The number of hydrogen-bond acceptors (Lipinski definition) is 4. The van der Waals surface area contributed by atoms with Crippen molar-refractivity contribution in [3.05, 3.63) is 83.4 Å². The van der Waals surface area contributed by atoms with Crippen molar-refractivity contribution in [3.63, 3.8) is 0 Å². The molecule has 9 heteroatoms. The summed E-state index contributed by atoms with van der Waals surface area (Å²) in [5, 5.41) is 14.5. The van der Waals surface area contributed by atoms with Crippen LogP contribution >= 0.6 is 12.2 Å². The Labute approximate surface area is 186 Å². The van der Waals surface area contributed by atoms with Gasteiger partial charge < -0.3 is 16.0 Å². The molecule has 0 aliphatic heterocycles. The largest absolute Gasteiger partial charge is 0.332 e. The third kappa shape index (κ3) is 6.11. The molecule has 0 atom stereocenters. The molecule has 0 radical (unpaired) electrons. The second-order valence-electron chi connectivity index (χ2n) is 7.00. The molecule has 3 aromatic rings. The molecule has 0 aliphatic carbocycles. The van der Waals surface area contributed by atoms with E-state index in [2.05, 4.69) is 16.0 Å². The molecule has 0 unspecified atom stereocenters. The Hall–Kier alpha value is -3.27. The van der Waals surface area contributed by atoms with Crippen LogP contribution in [0.1, 0.15) is 21.5 Å². The summed E-state index contributed by atoms with van der Waals surface area (Å²) >= 11 is 5.37. The Balaban J connectivity index is 1.64. The number of rotatable bonds is 5. The van der Waals surface area contributed by atoms with Gasteiger partial charge in [-0.25, -0.2) is 13.6 Å². The maximum Gasteiger partial charge on any atom is 0.255 e. The number of carbonyl (C=O) groups excluding carboxylic acids is 1. The molecule has 3 rings (SSSR count). The average molecular weight is 455 g/mol. The molecule has 0 saturated heterocycles. The number of carbonyl (C=O) groups is 1. The van der Waals surface area contributed by atoms with Crippen molar-refractivity contribution in [2.45, 2.75) is 18.7 Å². The molecule has 0 aromatic heterocycles. The zero-order valence-corrected chi connectivity index (χ0v) is 18.6. The third-order valence-corrected chi connectivity index (χ3v) is 5.58. The van der Waals surface area contributed by atoms with Crippen LogP contribution in [-0.4, -0.2) is 19.4 Å². The minimum absolute atomic E-state index is 0.0743. The zero-order chi connectivity index (χ0) is 22.6. The van der Waals surface area contributed by atoms with E-state index >= 15 is 0 Å². The van der Waals surface area contributed by atoms with Gasteiger partial charge in [0.05, 0.1) is 4.90 Å². The van der Waals surface area contributed by atoms with Gasteiger partial charge in [-0.3, -0.25) is 4.79 Å². The van der Waals surface area contributed by atoms with Gasteiger partial charge in [0, 0.05) is 22.6 Å². The molecule has 5 N–H and O–H groups in total. The van der Waals surface area contributed by atoms with Crippen molar-refractivity contribution in [2.75, 3.05) is 16.0 Å². The molecule has 7 nitrogen and oxygen atoms in total. The quantitative estimate of drug-likeness (QED) is 0.433. The lowest BCUT2D eigenvalue weighted by molar-refractivity contribution is 0.102. The standard InChI is InChI=1S/C22H22N4O3S2/c1-14-6-7-15(2)20(12-14)26-22(30)25-17-10-8-16(9-11-17)21(27)24-18-4-3-5-19(13-18)31(23,28)29/h3-13H,1-2H3,(H,24,27)(H2,23,28,29)(H2,25,26,30). The van der Waals surface area contributed by atoms with Crippen LogP contribution in [0.4, 0.5) is 17.1 Å². The lowest BCUT2D eigenvalue weighted by Crippen LogP contribution is -2.20. The normalized spacial score (nSPS) is 10.9. The summed E-state index contributed by atoms with van der Waals surface area (Å²) in [6, 6.07) is 18.6. The first-order valence-electron chi connectivity index (χ1n) is 9.31. The third-order valence-electron chi connectivity index (χ3n) is 4.47. The first kappa shape index (κ1) is 22.4. The van der Waals surface area contributed by atoms with E-state index in [9.17, 15) is 13.2 Å². The van der Waals surface area contributed by atoms with E-state index in [1.54, 1.807) is 30.3 Å². The van der Waals surface area contributed by atoms with Gasteiger partial charge in [0.1, 0.15) is 0 Å². The highest BCUT2D eigenvalue weighted by atomic mass is 32.2. The molecule has 0 aliphatic rings. The van der Waals surface area contributed by atoms with Crippen LogP contribution in [0.15, 0.2) is 71.6 Å². The van der Waals surface area contributed by atoms with Gasteiger partial charge in [0.2, 0.25) is 10.0 Å². The highest BCUT2D eigenvalue weighted by molar-refractivity contribution is 7.89. The van der Waals surface area contributed by atoms with Crippen LogP contribution < -0.4 is 21.1 Å². The molecule has 160 valence electrons. The second-order valence-corrected chi connectivity index (χ2v) is 8.97. The zero-order valence-electron chi connectivity index (χ0n) is 17.0. The number of primary sulfonamides is 1. The van der Waals surface area contributed by atoms with E-state index in [0.717, 1.165) is 22.5 Å². The van der Waals surface area contributed by atoms with Crippen molar-refractivity contribution >= 4 is 50.3 Å². The topological polar surface area (TPSA) is 113 Å². The summed E-state index contributed by atoms with van der Waals surface area (Å²) in [4.78, 5) is 12.4. The summed E-state index contributed by atoms with van der Waals surface area (Å²) in [7, 11) is -3.85. The lowest BCUT2D eigenvalue weighted by atomic mass is 10.1. The van der Waals surface area contributed by atoms with E-state index in [-0.39, 0.29) is 10.8 Å². The minimum atomic E-state index is -3.85. The van der Waals surface area contributed by atoms with E-state index < -0.39 is 10.0 Å². The van der Waals surface area contributed by atoms with Crippen LogP contribution in [0.3, 0.4) is 0 Å². The van der Waals surface area contributed by atoms with Crippen LogP contribution in [0.5, 0.6) is 0 Å². The first-order valence-corrected chi connectivity index (χ1v) is 11.3. The Morgan fingerprint density at radius 3 is 2.26 bits per heavy atom. The number of nitrogens with two attached hydrogens (primary N) is 1. The Kier molecular flexibility index (Phi) is 6.69. The van der Waals surface area contributed by atoms with Crippen molar-refractivity contribution < 1.29 is 13.2 Å². The predicted octanol–water partition coefficient (Wildman–Crippen LogP) is 4.01. The minimum Gasteiger partial charge on any atom is -0.332 e. The van der Waals surface area contributed by atoms with Gasteiger partial charge in [0.15, 0.2) is 5.11 Å². The number of aryl methyl sites for hydroxylation is 2. The fourth-order valence-electron chi connectivity index (χ4n) is 2.81. The van der Waals surface area contributed by atoms with Crippen LogP contribution in [0, 0.1) is 13.8 Å². The molecular weight excluding hydrogens is 432 g/mol. The number of benzene rings is 3. The van der Waals surface area contributed by atoms with Gasteiger partial charge in [-0.1, -0.05) is 18.2 Å². The summed E-state index contributed by atoms with van der Waals surface area (Å²) in [6.07, 6.45) is 0. The van der Waals surface area contributed by atoms with Crippen molar-refractivity contribution in [3.8, 4) is 0 Å². The summed E-state index contributed by atoms with van der Waals surface area (Å²) < 4.78 is 22.9. The highest BCUT2D eigenvalue weighted by Gasteiger charge is 2.11. The summed E-state index contributed by atoms with van der Waals surface area (Å²) in [5.74, 6) is -0.380.